The minimum Gasteiger partial charge on any atom is -0.456 e. The largest absolute Gasteiger partial charge is 0.456 e. The van der Waals surface area contributed by atoms with E-state index in [-0.39, 0.29) is 0 Å². The maximum atomic E-state index is 6.44. The lowest BCUT2D eigenvalue weighted by Gasteiger charge is -2.13. The molecular weight excluding hydrogens is 637 g/mol. The molecule has 0 fully saturated rings. The van der Waals surface area contributed by atoms with Gasteiger partial charge < -0.3 is 8.98 Å². The Labute approximate surface area is 298 Å². The van der Waals surface area contributed by atoms with Gasteiger partial charge in [-0.05, 0) is 46.5 Å². The third-order valence-corrected chi connectivity index (χ3v) is 10.2. The molecule has 0 aliphatic carbocycles. The average Bonchev–Trinajstić information content (AvgIpc) is 3.76. The molecule has 3 aromatic heterocycles. The van der Waals surface area contributed by atoms with E-state index < -0.39 is 0 Å². The standard InChI is InChI=1S/C47H28N4O/c1-2-14-30(15-3-1)45-48-46(50-47(49-45)43-34-19-6-5-16-31(34)28-41-42(43)38-22-9-11-24-40(38)52-41)32-17-12-18-33(27-32)51-39-23-10-8-21-36(39)37-26-25-29-13-4-7-20-35(29)44(37)51/h1-28H. The van der Waals surface area contributed by atoms with Crippen LogP contribution in [-0.4, -0.2) is 19.5 Å². The molecule has 0 aliphatic rings. The first kappa shape index (κ1) is 28.7. The SMILES string of the molecule is c1ccc(-c2nc(-c3cccc(-n4c5ccccc5c5ccc6ccccc6c54)c3)nc(-c3c4ccccc4cc4oc5ccccc5c34)n2)cc1. The van der Waals surface area contributed by atoms with Gasteiger partial charge in [0.1, 0.15) is 11.2 Å². The van der Waals surface area contributed by atoms with Crippen molar-refractivity contribution in [3.63, 3.8) is 0 Å². The molecule has 0 spiro atoms. The predicted molar refractivity (Wildman–Crippen MR) is 213 cm³/mol. The Kier molecular flexibility index (Phi) is 6.18. The lowest BCUT2D eigenvalue weighted by atomic mass is 9.98. The topological polar surface area (TPSA) is 56.7 Å². The molecular formula is C47H28N4O. The van der Waals surface area contributed by atoms with Crippen LogP contribution >= 0.6 is 0 Å². The van der Waals surface area contributed by atoms with Gasteiger partial charge in [0, 0.05) is 49.3 Å². The number of hydrogen-bond donors (Lipinski definition) is 0. The van der Waals surface area contributed by atoms with Crippen molar-refractivity contribution in [3.8, 4) is 39.9 Å². The second-order valence-electron chi connectivity index (χ2n) is 13.2. The molecule has 11 aromatic rings. The van der Waals surface area contributed by atoms with Gasteiger partial charge in [-0.15, -0.1) is 0 Å². The Bertz CT molecular complexity index is 3190. The number of nitrogens with zero attached hydrogens (tertiary/aromatic N) is 4. The summed E-state index contributed by atoms with van der Waals surface area (Å²) in [7, 11) is 0. The average molecular weight is 665 g/mol. The number of furan rings is 1. The highest BCUT2D eigenvalue weighted by Gasteiger charge is 2.21. The van der Waals surface area contributed by atoms with Crippen molar-refractivity contribution in [1.29, 1.82) is 0 Å². The van der Waals surface area contributed by atoms with Crippen LogP contribution in [0.4, 0.5) is 0 Å². The zero-order valence-electron chi connectivity index (χ0n) is 27.9. The molecule has 0 aliphatic heterocycles. The molecule has 0 atom stereocenters. The van der Waals surface area contributed by atoms with E-state index in [4.69, 9.17) is 19.4 Å². The molecule has 5 nitrogen and oxygen atoms in total. The van der Waals surface area contributed by atoms with E-state index in [1.807, 2.05) is 36.4 Å². The van der Waals surface area contributed by atoms with Gasteiger partial charge in [0.15, 0.2) is 17.5 Å². The maximum Gasteiger partial charge on any atom is 0.165 e. The van der Waals surface area contributed by atoms with Crippen LogP contribution in [0.3, 0.4) is 0 Å². The summed E-state index contributed by atoms with van der Waals surface area (Å²) in [5.74, 6) is 1.82. The van der Waals surface area contributed by atoms with Crippen LogP contribution in [0, 0.1) is 0 Å². The molecule has 0 saturated heterocycles. The molecule has 3 heterocycles. The first-order valence-electron chi connectivity index (χ1n) is 17.5. The number of hydrogen-bond acceptors (Lipinski definition) is 4. The number of rotatable bonds is 4. The Morgan fingerprint density at radius 2 is 1.06 bits per heavy atom. The number of fused-ring (bicyclic) bond motifs is 9. The Morgan fingerprint density at radius 3 is 1.92 bits per heavy atom. The lowest BCUT2D eigenvalue weighted by molar-refractivity contribution is 0.669. The summed E-state index contributed by atoms with van der Waals surface area (Å²) in [5, 5.41) is 9.01. The molecule has 0 saturated carbocycles. The molecule has 0 amide bonds. The molecule has 0 radical (unpaired) electrons. The first-order chi connectivity index (χ1) is 25.8. The molecule has 5 heteroatoms. The summed E-state index contributed by atoms with van der Waals surface area (Å²) in [6.45, 7) is 0. The van der Waals surface area contributed by atoms with Crippen LogP contribution < -0.4 is 0 Å². The van der Waals surface area contributed by atoms with Crippen LogP contribution in [0.1, 0.15) is 0 Å². The predicted octanol–water partition coefficient (Wildman–Crippen LogP) is 12.2. The molecule has 52 heavy (non-hydrogen) atoms. The highest BCUT2D eigenvalue weighted by molar-refractivity contribution is 6.20. The van der Waals surface area contributed by atoms with Gasteiger partial charge >= 0.3 is 0 Å². The van der Waals surface area contributed by atoms with Gasteiger partial charge in [0.2, 0.25) is 0 Å². The van der Waals surface area contributed by atoms with Gasteiger partial charge in [-0.2, -0.15) is 0 Å². The highest BCUT2D eigenvalue weighted by Crippen LogP contribution is 2.42. The summed E-state index contributed by atoms with van der Waals surface area (Å²) in [6, 6.07) is 59.1. The highest BCUT2D eigenvalue weighted by atomic mass is 16.3. The Hall–Kier alpha value is -7.11. The second kappa shape index (κ2) is 11.2. The van der Waals surface area contributed by atoms with Crippen molar-refractivity contribution in [2.45, 2.75) is 0 Å². The fourth-order valence-electron chi connectivity index (χ4n) is 7.90. The van der Waals surface area contributed by atoms with Crippen molar-refractivity contribution < 1.29 is 4.42 Å². The summed E-state index contributed by atoms with van der Waals surface area (Å²) in [5.41, 5.74) is 7.77. The van der Waals surface area contributed by atoms with E-state index in [1.54, 1.807) is 0 Å². The van der Waals surface area contributed by atoms with Crippen LogP contribution in [0.25, 0.3) is 105 Å². The fraction of sp³-hybridized carbons (Fsp3) is 0. The molecule has 242 valence electrons. The van der Waals surface area contributed by atoms with Crippen LogP contribution in [0.2, 0.25) is 0 Å². The van der Waals surface area contributed by atoms with Gasteiger partial charge in [-0.25, -0.2) is 15.0 Å². The third kappa shape index (κ3) is 4.33. The number of benzene rings is 8. The zero-order chi connectivity index (χ0) is 34.2. The van der Waals surface area contributed by atoms with Crippen molar-refractivity contribution in [2.75, 3.05) is 0 Å². The smallest absolute Gasteiger partial charge is 0.165 e. The van der Waals surface area contributed by atoms with Crippen molar-refractivity contribution in [1.82, 2.24) is 19.5 Å². The van der Waals surface area contributed by atoms with Gasteiger partial charge in [-0.1, -0.05) is 140 Å². The quantitative estimate of drug-likeness (QED) is 0.188. The van der Waals surface area contributed by atoms with Gasteiger partial charge in [0.05, 0.1) is 11.0 Å². The molecule has 0 unspecified atom stereocenters. The lowest BCUT2D eigenvalue weighted by Crippen LogP contribution is -2.02. The van der Waals surface area contributed by atoms with Crippen molar-refractivity contribution in [2.24, 2.45) is 0 Å². The van der Waals surface area contributed by atoms with E-state index in [0.717, 1.165) is 60.6 Å². The summed E-state index contributed by atoms with van der Waals surface area (Å²) in [6.07, 6.45) is 0. The normalized spacial score (nSPS) is 11.8. The number of para-hydroxylation sites is 2. The van der Waals surface area contributed by atoms with E-state index in [1.165, 1.54) is 27.1 Å². The molecule has 8 aromatic carbocycles. The molecule has 11 rings (SSSR count). The van der Waals surface area contributed by atoms with E-state index >= 15 is 0 Å². The van der Waals surface area contributed by atoms with Crippen LogP contribution in [0.5, 0.6) is 0 Å². The Balaban J connectivity index is 1.20. The second-order valence-corrected chi connectivity index (χ2v) is 13.2. The van der Waals surface area contributed by atoms with E-state index in [0.29, 0.717) is 17.5 Å². The summed E-state index contributed by atoms with van der Waals surface area (Å²) in [4.78, 5) is 15.7. The Morgan fingerprint density at radius 1 is 0.404 bits per heavy atom. The monoisotopic (exact) mass is 664 g/mol. The van der Waals surface area contributed by atoms with Crippen molar-refractivity contribution >= 4 is 65.3 Å². The number of aromatic nitrogens is 4. The maximum absolute atomic E-state index is 6.44. The molecule has 0 bridgehead atoms. The fourth-order valence-corrected chi connectivity index (χ4v) is 7.90. The van der Waals surface area contributed by atoms with Gasteiger partial charge in [-0.3, -0.25) is 0 Å². The van der Waals surface area contributed by atoms with E-state index in [2.05, 4.69) is 138 Å². The first-order valence-corrected chi connectivity index (χ1v) is 17.5. The molecule has 0 N–H and O–H groups in total. The van der Waals surface area contributed by atoms with Crippen LogP contribution in [0.15, 0.2) is 174 Å². The minimum absolute atomic E-state index is 0.602. The summed E-state index contributed by atoms with van der Waals surface area (Å²) < 4.78 is 8.81. The third-order valence-electron chi connectivity index (χ3n) is 10.2. The zero-order valence-corrected chi connectivity index (χ0v) is 27.9. The van der Waals surface area contributed by atoms with Crippen LogP contribution in [-0.2, 0) is 0 Å². The minimum atomic E-state index is 0.602. The van der Waals surface area contributed by atoms with Crippen molar-refractivity contribution in [3.05, 3.63) is 170 Å². The van der Waals surface area contributed by atoms with E-state index in [9.17, 15) is 0 Å². The summed E-state index contributed by atoms with van der Waals surface area (Å²) >= 11 is 0. The van der Waals surface area contributed by atoms with Gasteiger partial charge in [0.25, 0.3) is 0 Å².